The maximum Gasteiger partial charge on any atom is 0.327 e. The molecule has 0 aliphatic rings. The van der Waals surface area contributed by atoms with Gasteiger partial charge in [-0.05, 0) is 0 Å². The topological polar surface area (TPSA) is 95.4 Å². The first-order valence-corrected chi connectivity index (χ1v) is 2.34. The van der Waals surface area contributed by atoms with Crippen LogP contribution in [-0.2, 0) is 31.7 Å². The van der Waals surface area contributed by atoms with Crippen LogP contribution in [0.3, 0.4) is 0 Å². The Kier molecular flexibility index (Phi) is 8.24. The Morgan fingerprint density at radius 1 is 1.10 bits per heavy atom. The van der Waals surface area contributed by atoms with E-state index in [4.69, 9.17) is 11.5 Å². The molecule has 6 heteroatoms. The van der Waals surface area contributed by atoms with Crippen molar-refractivity contribution in [2.24, 2.45) is 11.5 Å². The molecule has 0 aliphatic carbocycles. The number of carbonyl (C=O) groups is 2. The molecule has 0 bridgehead atoms. The molecule has 0 aromatic carbocycles. The molecule has 0 fully saturated rings. The molecule has 0 saturated heterocycles. The van der Waals surface area contributed by atoms with Gasteiger partial charge in [-0.1, -0.05) is 0 Å². The number of nitrogens with two attached hydrogens (primary N) is 2. The van der Waals surface area contributed by atoms with Gasteiger partial charge in [0.05, 0.1) is 13.1 Å². The first-order chi connectivity index (χ1) is 4.20. The molecule has 0 heterocycles. The molecule has 0 radical (unpaired) electrons. The van der Waals surface area contributed by atoms with Crippen LogP contribution in [0.1, 0.15) is 0 Å². The number of rotatable bonds is 2. The maximum absolute atomic E-state index is 10.2. The molecule has 58 valence electrons. The molecule has 0 saturated carbocycles. The molecule has 0 rings (SSSR count). The maximum atomic E-state index is 10.2. The van der Waals surface area contributed by atoms with Crippen molar-refractivity contribution in [2.75, 3.05) is 13.1 Å². The van der Waals surface area contributed by atoms with E-state index >= 15 is 0 Å². The molecular weight excluding hydrogens is 176 g/mol. The van der Waals surface area contributed by atoms with Gasteiger partial charge in [0.1, 0.15) is 0 Å². The van der Waals surface area contributed by atoms with E-state index < -0.39 is 11.9 Å². The summed E-state index contributed by atoms with van der Waals surface area (Å²) >= 11 is 0. The van der Waals surface area contributed by atoms with E-state index in [1.54, 1.807) is 0 Å². The van der Waals surface area contributed by atoms with Crippen LogP contribution >= 0.6 is 0 Å². The average molecular weight is 184 g/mol. The van der Waals surface area contributed by atoms with Gasteiger partial charge in [0.2, 0.25) is 0 Å². The zero-order valence-electron chi connectivity index (χ0n) is 5.20. The Morgan fingerprint density at radius 2 is 1.40 bits per heavy atom. The van der Waals surface area contributed by atoms with Crippen molar-refractivity contribution in [2.45, 2.75) is 0 Å². The third kappa shape index (κ3) is 5.72. The van der Waals surface area contributed by atoms with Crippen LogP contribution in [-0.4, -0.2) is 25.0 Å². The first kappa shape index (κ1) is 12.3. The minimum absolute atomic E-state index is 0. The van der Waals surface area contributed by atoms with Crippen LogP contribution in [0.15, 0.2) is 0 Å². The number of hydrogen-bond acceptors (Lipinski definition) is 5. The molecule has 0 atom stereocenters. The second-order valence-electron chi connectivity index (χ2n) is 1.25. The Hall–Kier alpha value is -0.408. The van der Waals surface area contributed by atoms with Gasteiger partial charge < -0.3 is 16.2 Å². The predicted molar refractivity (Wildman–Crippen MR) is 29.2 cm³/mol. The van der Waals surface area contributed by atoms with E-state index in [1.165, 1.54) is 0 Å². The van der Waals surface area contributed by atoms with Crippen molar-refractivity contribution >= 4 is 11.9 Å². The van der Waals surface area contributed by atoms with Crippen molar-refractivity contribution in [1.82, 2.24) is 0 Å². The summed E-state index contributed by atoms with van der Waals surface area (Å²) in [6, 6.07) is 0. The second-order valence-corrected chi connectivity index (χ2v) is 1.25. The van der Waals surface area contributed by atoms with E-state index in [0.29, 0.717) is 0 Å². The van der Waals surface area contributed by atoms with Crippen molar-refractivity contribution in [1.29, 1.82) is 0 Å². The van der Waals surface area contributed by atoms with Gasteiger partial charge in [0.25, 0.3) is 0 Å². The summed E-state index contributed by atoms with van der Waals surface area (Å²) < 4.78 is 4.02. The predicted octanol–water partition coefficient (Wildman–Crippen LogP) is -2.03. The zero-order valence-corrected chi connectivity index (χ0v) is 6.48. The van der Waals surface area contributed by atoms with Gasteiger partial charge in [-0.3, -0.25) is 9.59 Å². The number of ether oxygens (including phenoxy) is 1. The normalized spacial score (nSPS) is 7.80. The quantitative estimate of drug-likeness (QED) is 0.381. The molecule has 0 aromatic rings. The zero-order chi connectivity index (χ0) is 7.28. The summed E-state index contributed by atoms with van der Waals surface area (Å²) in [7, 11) is 0. The van der Waals surface area contributed by atoms with Gasteiger partial charge in [0, 0.05) is 17.4 Å². The van der Waals surface area contributed by atoms with Gasteiger partial charge >= 0.3 is 11.9 Å². The summed E-state index contributed by atoms with van der Waals surface area (Å²) in [6.07, 6.45) is 0. The van der Waals surface area contributed by atoms with Gasteiger partial charge in [-0.2, -0.15) is 0 Å². The second kappa shape index (κ2) is 6.71. The summed E-state index contributed by atoms with van der Waals surface area (Å²) in [5.74, 6) is -1.52. The summed E-state index contributed by atoms with van der Waals surface area (Å²) in [5.41, 5.74) is 9.61. The standard InChI is InChI=1S/C4H8N2O3.Cr/c5-1-3(7)9-4(8)2-6;/h1-2,5-6H2;. The molecule has 0 spiro atoms. The molecule has 4 N–H and O–H groups in total. The summed E-state index contributed by atoms with van der Waals surface area (Å²) in [6.45, 7) is -0.600. The van der Waals surface area contributed by atoms with Crippen LogP contribution in [0.2, 0.25) is 0 Å². The van der Waals surface area contributed by atoms with E-state index in [0.717, 1.165) is 0 Å². The number of esters is 2. The Balaban J connectivity index is 0. The summed E-state index contributed by atoms with van der Waals surface area (Å²) in [5, 5.41) is 0. The van der Waals surface area contributed by atoms with Crippen LogP contribution in [0.5, 0.6) is 0 Å². The SMILES string of the molecule is NCC(=O)OC(=O)CN.[Cr]. The fourth-order valence-corrected chi connectivity index (χ4v) is 0.210. The van der Waals surface area contributed by atoms with Crippen LogP contribution < -0.4 is 11.5 Å². The van der Waals surface area contributed by atoms with Crippen molar-refractivity contribution in [3.8, 4) is 0 Å². The van der Waals surface area contributed by atoms with Gasteiger partial charge in [-0.25, -0.2) is 0 Å². The smallest absolute Gasteiger partial charge is 0.327 e. The monoisotopic (exact) mass is 184 g/mol. The van der Waals surface area contributed by atoms with Crippen molar-refractivity contribution in [3.05, 3.63) is 0 Å². The van der Waals surface area contributed by atoms with Gasteiger partial charge in [-0.15, -0.1) is 0 Å². The summed E-state index contributed by atoms with van der Waals surface area (Å²) in [4.78, 5) is 20.3. The van der Waals surface area contributed by atoms with E-state index in [-0.39, 0.29) is 30.5 Å². The van der Waals surface area contributed by atoms with Crippen molar-refractivity contribution < 1.29 is 31.7 Å². The van der Waals surface area contributed by atoms with E-state index in [1.807, 2.05) is 0 Å². The van der Waals surface area contributed by atoms with Crippen LogP contribution in [0.25, 0.3) is 0 Å². The molecule has 0 amide bonds. The largest absolute Gasteiger partial charge is 0.391 e. The first-order valence-electron chi connectivity index (χ1n) is 2.34. The molecular formula is C4H8CrN2O3. The number of hydrogen-bond donors (Lipinski definition) is 2. The van der Waals surface area contributed by atoms with E-state index in [2.05, 4.69) is 4.74 Å². The molecule has 0 unspecified atom stereocenters. The minimum atomic E-state index is -0.759. The fraction of sp³-hybridized carbons (Fsp3) is 0.500. The minimum Gasteiger partial charge on any atom is -0.391 e. The average Bonchev–Trinajstić information content (AvgIpc) is 1.87. The fourth-order valence-electron chi connectivity index (χ4n) is 0.210. The van der Waals surface area contributed by atoms with Crippen molar-refractivity contribution in [3.63, 3.8) is 0 Å². The third-order valence-electron chi connectivity index (χ3n) is 0.561. The number of carbonyl (C=O) groups excluding carboxylic acids is 2. The van der Waals surface area contributed by atoms with E-state index in [9.17, 15) is 9.59 Å². The Labute approximate surface area is 68.8 Å². The molecule has 5 nitrogen and oxygen atoms in total. The Morgan fingerprint density at radius 3 is 1.60 bits per heavy atom. The van der Waals surface area contributed by atoms with Crippen LogP contribution in [0, 0.1) is 0 Å². The molecule has 10 heavy (non-hydrogen) atoms. The third-order valence-corrected chi connectivity index (χ3v) is 0.561. The Bertz CT molecular complexity index is 114. The molecule has 0 aromatic heterocycles. The van der Waals surface area contributed by atoms with Gasteiger partial charge in [0.15, 0.2) is 0 Å². The van der Waals surface area contributed by atoms with Crippen LogP contribution in [0.4, 0.5) is 0 Å². The molecule has 0 aliphatic heterocycles.